The van der Waals surface area contributed by atoms with Gasteiger partial charge in [-0.1, -0.05) is 24.3 Å². The zero-order valence-corrected chi connectivity index (χ0v) is 20.7. The summed E-state index contributed by atoms with van der Waals surface area (Å²) >= 11 is 1.62. The molecule has 0 radical (unpaired) electrons. The number of rotatable bonds is 6. The van der Waals surface area contributed by atoms with E-state index in [2.05, 4.69) is 4.90 Å². The lowest BCUT2D eigenvalue weighted by molar-refractivity contribution is 0.190. The van der Waals surface area contributed by atoms with E-state index in [0.717, 1.165) is 27.5 Å². The molecule has 184 valence electrons. The van der Waals surface area contributed by atoms with Gasteiger partial charge in [0.25, 0.3) is 0 Å². The van der Waals surface area contributed by atoms with Crippen molar-refractivity contribution in [3.8, 4) is 23.0 Å². The Labute approximate surface area is 209 Å². The van der Waals surface area contributed by atoms with Gasteiger partial charge < -0.3 is 19.7 Å². The maximum atomic E-state index is 11.6. The first-order chi connectivity index (χ1) is 16.9. The van der Waals surface area contributed by atoms with Gasteiger partial charge in [-0.05, 0) is 53.6 Å². The van der Waals surface area contributed by atoms with Gasteiger partial charge >= 0.3 is 0 Å². The van der Waals surface area contributed by atoms with Crippen LogP contribution < -0.4 is 9.47 Å². The fourth-order valence-corrected chi connectivity index (χ4v) is 6.85. The van der Waals surface area contributed by atoms with Crippen molar-refractivity contribution in [2.75, 3.05) is 37.7 Å². The molecule has 2 aliphatic rings. The van der Waals surface area contributed by atoms with Crippen LogP contribution in [-0.4, -0.2) is 61.3 Å². The second-order valence-electron chi connectivity index (χ2n) is 8.71. The fourth-order valence-electron chi connectivity index (χ4n) is 4.25. The third-order valence-electron chi connectivity index (χ3n) is 6.25. The van der Waals surface area contributed by atoms with Crippen molar-refractivity contribution in [3.05, 3.63) is 77.9 Å². The predicted octanol–water partition coefficient (Wildman–Crippen LogP) is 4.17. The van der Waals surface area contributed by atoms with Crippen LogP contribution in [0.15, 0.2) is 71.6 Å². The second kappa shape index (κ2) is 10.0. The van der Waals surface area contributed by atoms with Crippen LogP contribution in [0.1, 0.15) is 22.5 Å². The Kier molecular flexibility index (Phi) is 6.82. The molecule has 0 aromatic heterocycles. The van der Waals surface area contributed by atoms with Gasteiger partial charge in [-0.2, -0.15) is 0 Å². The standard InChI is InChI=1S/C26H27NO6S2/c28-20-5-1-19(2-6-20)26-25(33-23-10-7-21(29)17-24(23)34-26)18-3-8-22(9-4-18)32-14-11-27-12-15-35(30,31)16-13-27/h1-10,17,25-26,28-29H,11-16H2/t25-,26+/m0/s1. The Balaban J connectivity index is 1.28. The molecule has 0 spiro atoms. The molecule has 2 N–H and O–H groups in total. The number of phenolic OH excluding ortho intramolecular Hbond substituents is 2. The molecule has 0 aliphatic carbocycles. The zero-order valence-electron chi connectivity index (χ0n) is 19.0. The molecule has 2 atom stereocenters. The second-order valence-corrected chi connectivity index (χ2v) is 12.2. The van der Waals surface area contributed by atoms with Crippen LogP contribution in [0.3, 0.4) is 0 Å². The Morgan fingerprint density at radius 1 is 0.914 bits per heavy atom. The van der Waals surface area contributed by atoms with Crippen LogP contribution in [-0.2, 0) is 9.84 Å². The van der Waals surface area contributed by atoms with Crippen molar-refractivity contribution < 1.29 is 28.1 Å². The molecule has 0 unspecified atom stereocenters. The summed E-state index contributed by atoms with van der Waals surface area (Å²) in [5.41, 5.74) is 2.00. The summed E-state index contributed by atoms with van der Waals surface area (Å²) in [5, 5.41) is 19.6. The Morgan fingerprint density at radius 2 is 1.57 bits per heavy atom. The summed E-state index contributed by atoms with van der Waals surface area (Å²) in [7, 11) is -2.88. The number of nitrogens with zero attached hydrogens (tertiary/aromatic N) is 1. The largest absolute Gasteiger partial charge is 0.508 e. The molecule has 7 nitrogen and oxygen atoms in total. The van der Waals surface area contributed by atoms with Crippen LogP contribution in [0, 0.1) is 0 Å². The summed E-state index contributed by atoms with van der Waals surface area (Å²) in [6.07, 6.45) is -0.272. The van der Waals surface area contributed by atoms with Crippen molar-refractivity contribution in [3.63, 3.8) is 0 Å². The van der Waals surface area contributed by atoms with Crippen molar-refractivity contribution in [2.24, 2.45) is 0 Å². The highest BCUT2D eigenvalue weighted by atomic mass is 32.2. The number of fused-ring (bicyclic) bond motifs is 1. The summed E-state index contributed by atoms with van der Waals surface area (Å²) in [5.74, 6) is 2.29. The quantitative estimate of drug-likeness (QED) is 0.507. The SMILES string of the molecule is O=S1(=O)CCN(CCOc2ccc([C@@H]3Oc4ccc(O)cc4S[C@@H]3c3ccc(O)cc3)cc2)CC1. The number of sulfone groups is 1. The van der Waals surface area contributed by atoms with Gasteiger partial charge in [0.05, 0.1) is 21.7 Å². The molecule has 35 heavy (non-hydrogen) atoms. The van der Waals surface area contributed by atoms with Gasteiger partial charge in [0.1, 0.15) is 35.7 Å². The van der Waals surface area contributed by atoms with Gasteiger partial charge in [0.2, 0.25) is 0 Å². The van der Waals surface area contributed by atoms with Gasteiger partial charge in [-0.15, -0.1) is 11.8 Å². The smallest absolute Gasteiger partial charge is 0.152 e. The third-order valence-corrected chi connectivity index (χ3v) is 9.21. The molecule has 1 fully saturated rings. The van der Waals surface area contributed by atoms with Crippen molar-refractivity contribution >= 4 is 21.6 Å². The number of ether oxygens (including phenoxy) is 2. The first kappa shape index (κ1) is 23.8. The van der Waals surface area contributed by atoms with Crippen LogP contribution in [0.2, 0.25) is 0 Å². The first-order valence-corrected chi connectivity index (χ1v) is 14.2. The lowest BCUT2D eigenvalue weighted by Crippen LogP contribution is -2.42. The van der Waals surface area contributed by atoms with E-state index in [1.165, 1.54) is 0 Å². The van der Waals surface area contributed by atoms with Crippen molar-refractivity contribution in [1.29, 1.82) is 0 Å². The number of thioether (sulfide) groups is 1. The highest BCUT2D eigenvalue weighted by Gasteiger charge is 2.33. The molecule has 5 rings (SSSR count). The van der Waals surface area contributed by atoms with E-state index in [-0.39, 0.29) is 34.4 Å². The van der Waals surface area contributed by atoms with E-state index in [1.807, 2.05) is 36.4 Å². The number of phenols is 2. The van der Waals surface area contributed by atoms with E-state index in [4.69, 9.17) is 9.47 Å². The average Bonchev–Trinajstić information content (AvgIpc) is 2.85. The highest BCUT2D eigenvalue weighted by molar-refractivity contribution is 7.99. The Bertz CT molecular complexity index is 1260. The van der Waals surface area contributed by atoms with Gasteiger partial charge in [0, 0.05) is 19.6 Å². The zero-order chi connectivity index (χ0) is 24.4. The Morgan fingerprint density at radius 3 is 2.29 bits per heavy atom. The van der Waals surface area contributed by atoms with Gasteiger partial charge in [-0.3, -0.25) is 4.90 Å². The third kappa shape index (κ3) is 5.69. The number of benzene rings is 3. The summed E-state index contributed by atoms with van der Waals surface area (Å²) in [6.45, 7) is 2.28. The van der Waals surface area contributed by atoms with Crippen LogP contribution in [0.5, 0.6) is 23.0 Å². The van der Waals surface area contributed by atoms with Crippen molar-refractivity contribution in [1.82, 2.24) is 4.90 Å². The van der Waals surface area contributed by atoms with Gasteiger partial charge in [-0.25, -0.2) is 8.42 Å². The van der Waals surface area contributed by atoms with E-state index in [9.17, 15) is 18.6 Å². The topological polar surface area (TPSA) is 96.3 Å². The molecule has 0 saturated carbocycles. The molecule has 2 heterocycles. The molecule has 3 aromatic rings. The highest BCUT2D eigenvalue weighted by Crippen LogP contribution is 2.54. The van der Waals surface area contributed by atoms with Crippen LogP contribution in [0.4, 0.5) is 0 Å². The lowest BCUT2D eigenvalue weighted by Gasteiger charge is -2.34. The minimum Gasteiger partial charge on any atom is -0.508 e. The minimum atomic E-state index is -2.88. The molecule has 2 aliphatic heterocycles. The monoisotopic (exact) mass is 513 g/mol. The van der Waals surface area contributed by atoms with E-state index in [0.29, 0.717) is 26.2 Å². The van der Waals surface area contributed by atoms with Crippen molar-refractivity contribution in [2.45, 2.75) is 16.2 Å². The molecule has 9 heteroatoms. The minimum absolute atomic E-state index is 0.0768. The van der Waals surface area contributed by atoms with E-state index in [1.54, 1.807) is 42.1 Å². The lowest BCUT2D eigenvalue weighted by atomic mass is 10.00. The molecule has 1 saturated heterocycles. The summed E-state index contributed by atoms with van der Waals surface area (Å²) in [4.78, 5) is 2.98. The molecule has 0 bridgehead atoms. The predicted molar refractivity (Wildman–Crippen MR) is 135 cm³/mol. The first-order valence-electron chi connectivity index (χ1n) is 11.5. The van der Waals surface area contributed by atoms with E-state index >= 15 is 0 Å². The average molecular weight is 514 g/mol. The fraction of sp³-hybridized carbons (Fsp3) is 0.308. The molecular formula is C26H27NO6S2. The van der Waals surface area contributed by atoms with Crippen LogP contribution in [0.25, 0.3) is 0 Å². The number of hydrogen-bond acceptors (Lipinski definition) is 8. The summed E-state index contributed by atoms with van der Waals surface area (Å²) < 4.78 is 35.4. The number of aromatic hydroxyl groups is 2. The van der Waals surface area contributed by atoms with Crippen LogP contribution >= 0.6 is 11.8 Å². The normalized spacial score (nSPS) is 21.6. The maximum absolute atomic E-state index is 11.6. The number of hydrogen-bond donors (Lipinski definition) is 2. The van der Waals surface area contributed by atoms with E-state index < -0.39 is 9.84 Å². The maximum Gasteiger partial charge on any atom is 0.152 e. The summed E-state index contributed by atoms with van der Waals surface area (Å²) in [6, 6.07) is 20.0. The molecule has 0 amide bonds. The Hall–Kier alpha value is -2.88. The molecule has 3 aromatic carbocycles. The van der Waals surface area contributed by atoms with Gasteiger partial charge in [0.15, 0.2) is 9.84 Å². The molecular weight excluding hydrogens is 486 g/mol.